The summed E-state index contributed by atoms with van der Waals surface area (Å²) in [4.78, 5) is 29.2. The molecule has 2 aromatic heterocycles. The maximum Gasteiger partial charge on any atom is 0.357 e. The van der Waals surface area contributed by atoms with Crippen LogP contribution < -0.4 is 10.6 Å². The van der Waals surface area contributed by atoms with E-state index in [0.29, 0.717) is 29.8 Å². The van der Waals surface area contributed by atoms with E-state index in [9.17, 15) is 4.79 Å². The van der Waals surface area contributed by atoms with Gasteiger partial charge in [0.1, 0.15) is 23.9 Å². The van der Waals surface area contributed by atoms with Gasteiger partial charge in [0.05, 0.1) is 24.5 Å². The number of carbonyl (C=O) groups is 1. The topological polar surface area (TPSA) is 108 Å². The molecular weight excluding hydrogens is 548 g/mol. The summed E-state index contributed by atoms with van der Waals surface area (Å²) in [5.74, 6) is 1.29. The lowest BCUT2D eigenvalue weighted by atomic mass is 10.0. The molecule has 3 aromatic carbocycles. The number of esters is 1. The Kier molecular flexibility index (Phi) is 10.7. The van der Waals surface area contributed by atoms with Crippen molar-refractivity contribution in [3.63, 3.8) is 0 Å². The molecule has 3 heterocycles. The van der Waals surface area contributed by atoms with Crippen molar-refractivity contribution in [2.75, 3.05) is 13.1 Å². The van der Waals surface area contributed by atoms with Gasteiger partial charge in [-0.15, -0.1) is 0 Å². The molecule has 0 radical (unpaired) electrons. The van der Waals surface area contributed by atoms with Gasteiger partial charge in [-0.2, -0.15) is 0 Å². The van der Waals surface area contributed by atoms with Crippen molar-refractivity contribution in [3.05, 3.63) is 108 Å². The Bertz CT molecular complexity index is 1600. The fourth-order valence-electron chi connectivity index (χ4n) is 5.28. The van der Waals surface area contributed by atoms with Crippen LogP contribution in [0.1, 0.15) is 73.8 Å². The maximum absolute atomic E-state index is 13.1. The van der Waals surface area contributed by atoms with Crippen LogP contribution in [0.4, 0.5) is 0 Å². The van der Waals surface area contributed by atoms with Crippen molar-refractivity contribution in [1.82, 2.24) is 30.6 Å². The zero-order chi connectivity index (χ0) is 30.7. The van der Waals surface area contributed by atoms with Gasteiger partial charge in [0.2, 0.25) is 0 Å². The Morgan fingerprint density at radius 3 is 2.25 bits per heavy atom. The van der Waals surface area contributed by atoms with Gasteiger partial charge >= 0.3 is 5.97 Å². The van der Waals surface area contributed by atoms with Crippen molar-refractivity contribution < 1.29 is 9.53 Å². The highest BCUT2D eigenvalue weighted by molar-refractivity contribution is 5.94. The summed E-state index contributed by atoms with van der Waals surface area (Å²) < 4.78 is 5.65. The number of aromatic nitrogens is 4. The number of hydrogen-bond acceptors (Lipinski definition) is 6. The van der Waals surface area contributed by atoms with Crippen molar-refractivity contribution in [2.45, 2.75) is 59.2 Å². The van der Waals surface area contributed by atoms with Gasteiger partial charge in [-0.25, -0.2) is 14.8 Å². The molecule has 1 atom stereocenters. The van der Waals surface area contributed by atoms with Crippen LogP contribution >= 0.6 is 0 Å². The molecule has 1 aliphatic heterocycles. The third-order valence-electron chi connectivity index (χ3n) is 7.56. The number of carbonyl (C=O) groups excluding carboxylic acids is 1. The van der Waals surface area contributed by atoms with Crippen LogP contribution in [0, 0.1) is 0 Å². The first-order chi connectivity index (χ1) is 21.7. The number of nitrogens with one attached hydrogen (secondary N) is 4. The van der Waals surface area contributed by atoms with E-state index < -0.39 is 5.97 Å². The highest BCUT2D eigenvalue weighted by atomic mass is 16.5. The monoisotopic (exact) mass is 590 g/mol. The molecule has 6 rings (SSSR count). The first kappa shape index (κ1) is 30.9. The number of aromatic amines is 2. The van der Waals surface area contributed by atoms with Crippen molar-refractivity contribution in [1.29, 1.82) is 0 Å². The minimum absolute atomic E-state index is 0.202. The number of rotatable bonds is 11. The van der Waals surface area contributed by atoms with Gasteiger partial charge in [-0.3, -0.25) is 0 Å². The van der Waals surface area contributed by atoms with Crippen LogP contribution in [0.15, 0.2) is 85.1 Å². The summed E-state index contributed by atoms with van der Waals surface area (Å²) in [7, 11) is 0. The summed E-state index contributed by atoms with van der Waals surface area (Å²) in [6.07, 6.45) is 5.24. The van der Waals surface area contributed by atoms with Crippen molar-refractivity contribution in [2.24, 2.45) is 0 Å². The predicted octanol–water partition coefficient (Wildman–Crippen LogP) is 7.44. The van der Waals surface area contributed by atoms with Crippen LogP contribution in [0.2, 0.25) is 0 Å². The zero-order valence-corrected chi connectivity index (χ0v) is 25.8. The van der Waals surface area contributed by atoms with Gasteiger partial charge in [-0.1, -0.05) is 99.6 Å². The molecule has 0 bridgehead atoms. The summed E-state index contributed by atoms with van der Waals surface area (Å²) in [5.41, 5.74) is 7.06. The Labute approximate surface area is 259 Å². The summed E-state index contributed by atoms with van der Waals surface area (Å²) in [6.45, 7) is 8.78. The third-order valence-corrected chi connectivity index (χ3v) is 7.56. The number of benzene rings is 3. The highest BCUT2D eigenvalue weighted by Crippen LogP contribution is 2.29. The lowest BCUT2D eigenvalue weighted by Gasteiger charge is -2.07. The number of hydrogen-bond donors (Lipinski definition) is 4. The van der Waals surface area contributed by atoms with E-state index >= 15 is 0 Å². The van der Waals surface area contributed by atoms with E-state index in [-0.39, 0.29) is 6.61 Å². The molecule has 0 saturated carbocycles. The summed E-state index contributed by atoms with van der Waals surface area (Å²) >= 11 is 0. The molecule has 0 unspecified atom stereocenters. The maximum atomic E-state index is 13.1. The molecule has 1 fully saturated rings. The number of imidazole rings is 2. The normalized spacial score (nSPS) is 14.2. The van der Waals surface area contributed by atoms with E-state index in [2.05, 4.69) is 68.9 Å². The Morgan fingerprint density at radius 2 is 1.59 bits per heavy atom. The van der Waals surface area contributed by atoms with E-state index in [4.69, 9.17) is 9.72 Å². The minimum atomic E-state index is -0.423. The summed E-state index contributed by atoms with van der Waals surface area (Å²) in [5, 5.41) is 6.84. The fraction of sp³-hybridized carbons (Fsp3) is 0.306. The van der Waals surface area contributed by atoms with E-state index in [1.807, 2.05) is 62.5 Å². The Hall–Kier alpha value is -4.53. The fourth-order valence-corrected chi connectivity index (χ4v) is 5.28. The number of ether oxygens (including phenoxy) is 1. The average molecular weight is 591 g/mol. The van der Waals surface area contributed by atoms with Gasteiger partial charge in [-0.05, 0) is 54.6 Å². The van der Waals surface area contributed by atoms with E-state index in [1.165, 1.54) is 6.42 Å². The predicted molar refractivity (Wildman–Crippen MR) is 176 cm³/mol. The number of H-pyrrole nitrogens is 2. The molecule has 4 N–H and O–H groups in total. The average Bonchev–Trinajstić information content (AvgIpc) is 3.87. The Balaban J connectivity index is 0.00000188. The van der Waals surface area contributed by atoms with Gasteiger partial charge < -0.3 is 25.3 Å². The standard InChI is InChI=1S/C34H36N6O2.C2H6/c1-2-18-35-21-30-39-31(32(40-30)34(41)42-22-23-7-4-3-5-8-23)27-16-12-25(13-17-27)24-10-14-26(15-11-24)29-20-37-33(38-29)28-9-6-19-36-28;1-2/h3-5,7-8,10-17,20,28,35-36H,2,6,9,18-19,21-22H2,1H3,(H,37,38)(H,39,40);1-2H3/t28-;/m0./s1. The van der Waals surface area contributed by atoms with Crippen LogP contribution in [0.25, 0.3) is 33.6 Å². The van der Waals surface area contributed by atoms with Crippen molar-refractivity contribution in [3.8, 4) is 33.6 Å². The molecule has 0 amide bonds. The second kappa shape index (κ2) is 15.3. The third kappa shape index (κ3) is 7.51. The van der Waals surface area contributed by atoms with Gasteiger partial charge in [0, 0.05) is 5.56 Å². The number of nitrogens with zero attached hydrogens (tertiary/aromatic N) is 2. The largest absolute Gasteiger partial charge is 0.456 e. The van der Waals surface area contributed by atoms with Crippen LogP contribution in [-0.2, 0) is 17.9 Å². The Morgan fingerprint density at radius 1 is 0.909 bits per heavy atom. The molecule has 1 aliphatic rings. The van der Waals surface area contributed by atoms with Crippen LogP contribution in [-0.4, -0.2) is 39.0 Å². The molecule has 8 heteroatoms. The van der Waals surface area contributed by atoms with Gasteiger partial charge in [0.25, 0.3) is 0 Å². The SMILES string of the molecule is CC.CCCNCc1nc(-c2ccc(-c3ccc(-c4cnc([C@@H]5CCCN5)[nH]4)cc3)cc2)c(C(=O)OCc2ccccc2)[nH]1. The zero-order valence-electron chi connectivity index (χ0n) is 25.8. The molecule has 0 spiro atoms. The van der Waals surface area contributed by atoms with Crippen LogP contribution in [0.3, 0.4) is 0 Å². The van der Waals surface area contributed by atoms with E-state index in [1.54, 1.807) is 0 Å². The first-order valence-electron chi connectivity index (χ1n) is 15.7. The lowest BCUT2D eigenvalue weighted by molar-refractivity contribution is 0.0467. The highest BCUT2D eigenvalue weighted by Gasteiger charge is 2.21. The van der Waals surface area contributed by atoms with E-state index in [0.717, 1.165) is 65.3 Å². The molecule has 0 aliphatic carbocycles. The quantitative estimate of drug-likeness (QED) is 0.0941. The molecule has 8 nitrogen and oxygen atoms in total. The molecular formula is C36H42N6O2. The first-order valence-corrected chi connectivity index (χ1v) is 15.7. The van der Waals surface area contributed by atoms with Gasteiger partial charge in [0.15, 0.2) is 5.69 Å². The van der Waals surface area contributed by atoms with Crippen LogP contribution in [0.5, 0.6) is 0 Å². The minimum Gasteiger partial charge on any atom is -0.456 e. The second-order valence-corrected chi connectivity index (χ2v) is 10.6. The van der Waals surface area contributed by atoms with Crippen molar-refractivity contribution >= 4 is 5.97 Å². The molecule has 5 aromatic rings. The smallest absolute Gasteiger partial charge is 0.357 e. The molecule has 44 heavy (non-hydrogen) atoms. The molecule has 1 saturated heterocycles. The molecule has 228 valence electrons. The summed E-state index contributed by atoms with van der Waals surface area (Å²) in [6, 6.07) is 26.6. The lowest BCUT2D eigenvalue weighted by Crippen LogP contribution is -2.15. The second-order valence-electron chi connectivity index (χ2n) is 10.6.